The lowest BCUT2D eigenvalue weighted by Gasteiger charge is -2.34. The number of nitrogens with one attached hydrogen (secondary N) is 1. The van der Waals surface area contributed by atoms with E-state index in [4.69, 9.17) is 4.42 Å². The van der Waals surface area contributed by atoms with Crippen molar-refractivity contribution in [1.29, 1.82) is 0 Å². The van der Waals surface area contributed by atoms with Gasteiger partial charge in [0, 0.05) is 5.71 Å². The molecule has 1 unspecified atom stereocenters. The summed E-state index contributed by atoms with van der Waals surface area (Å²) in [6, 6.07) is 3.32. The molecule has 2 rings (SSSR count). The second-order valence-electron chi connectivity index (χ2n) is 5.95. The van der Waals surface area contributed by atoms with E-state index in [1.165, 1.54) is 12.7 Å². The molecule has 1 amide bonds. The molecular formula is C14H20N2O2. The minimum Gasteiger partial charge on any atom is -0.459 e. The number of nitrogens with zero attached hydrogens (tertiary/aromatic N) is 1. The van der Waals surface area contributed by atoms with E-state index in [1.807, 2.05) is 0 Å². The van der Waals surface area contributed by atoms with Crippen molar-refractivity contribution >= 4 is 11.6 Å². The van der Waals surface area contributed by atoms with Crippen LogP contribution >= 0.6 is 0 Å². The number of carbonyl (C=O) groups excluding carboxylic acids is 1. The second kappa shape index (κ2) is 4.96. The van der Waals surface area contributed by atoms with Gasteiger partial charge < -0.3 is 4.42 Å². The number of hydrogen-bond donors (Lipinski definition) is 1. The quantitative estimate of drug-likeness (QED) is 0.817. The number of amides is 1. The Morgan fingerprint density at radius 2 is 2.33 bits per heavy atom. The summed E-state index contributed by atoms with van der Waals surface area (Å²) in [4.78, 5) is 11.7. The summed E-state index contributed by atoms with van der Waals surface area (Å²) in [5, 5.41) is 4.24. The molecular weight excluding hydrogens is 228 g/mol. The molecule has 1 atom stereocenters. The molecule has 0 aliphatic heterocycles. The number of furan rings is 1. The third-order valence-corrected chi connectivity index (χ3v) is 3.23. The standard InChI is InChI=1S/C14H20N2O2/c1-10-7-11(9-14(2,3)8-10)15-16-13(17)12-5-4-6-18-12/h4-6,10H,7-9H2,1-3H3,(H,16,17)/b15-11-. The normalized spacial score (nSPS) is 25.1. The average Bonchev–Trinajstić information content (AvgIpc) is 2.76. The van der Waals surface area contributed by atoms with Crippen molar-refractivity contribution in [3.8, 4) is 0 Å². The predicted octanol–water partition coefficient (Wildman–Crippen LogP) is 3.21. The molecule has 1 saturated carbocycles. The van der Waals surface area contributed by atoms with Gasteiger partial charge >= 0.3 is 5.91 Å². The Kier molecular flexibility index (Phi) is 3.55. The maximum atomic E-state index is 11.7. The van der Waals surface area contributed by atoms with Crippen LogP contribution in [0.1, 0.15) is 50.6 Å². The van der Waals surface area contributed by atoms with E-state index in [2.05, 4.69) is 31.3 Å². The molecule has 0 radical (unpaired) electrons. The van der Waals surface area contributed by atoms with E-state index < -0.39 is 0 Å². The lowest BCUT2D eigenvalue weighted by Crippen LogP contribution is -2.30. The van der Waals surface area contributed by atoms with E-state index >= 15 is 0 Å². The van der Waals surface area contributed by atoms with Crippen LogP contribution in [0.4, 0.5) is 0 Å². The molecule has 4 nitrogen and oxygen atoms in total. The summed E-state index contributed by atoms with van der Waals surface area (Å²) in [7, 11) is 0. The van der Waals surface area contributed by atoms with Crippen molar-refractivity contribution in [2.45, 2.75) is 40.0 Å². The summed E-state index contributed by atoms with van der Waals surface area (Å²) in [5.41, 5.74) is 3.91. The summed E-state index contributed by atoms with van der Waals surface area (Å²) < 4.78 is 5.02. The summed E-state index contributed by atoms with van der Waals surface area (Å²) in [6.07, 6.45) is 4.59. The minimum absolute atomic E-state index is 0.270. The van der Waals surface area contributed by atoms with Gasteiger partial charge in [0.15, 0.2) is 5.76 Å². The first-order valence-electron chi connectivity index (χ1n) is 6.35. The highest BCUT2D eigenvalue weighted by atomic mass is 16.3. The third-order valence-electron chi connectivity index (χ3n) is 3.23. The van der Waals surface area contributed by atoms with E-state index in [0.717, 1.165) is 18.6 Å². The van der Waals surface area contributed by atoms with Gasteiger partial charge in [-0.2, -0.15) is 5.10 Å². The Balaban J connectivity index is 1.99. The van der Waals surface area contributed by atoms with E-state index in [0.29, 0.717) is 11.7 Å². The summed E-state index contributed by atoms with van der Waals surface area (Å²) in [6.45, 7) is 6.71. The fraction of sp³-hybridized carbons (Fsp3) is 0.571. The number of rotatable bonds is 2. The monoisotopic (exact) mass is 248 g/mol. The van der Waals surface area contributed by atoms with Gasteiger partial charge in [-0.1, -0.05) is 20.8 Å². The highest BCUT2D eigenvalue weighted by Gasteiger charge is 2.29. The number of carbonyl (C=O) groups is 1. The summed E-state index contributed by atoms with van der Waals surface area (Å²) in [5.74, 6) is 0.624. The molecule has 0 bridgehead atoms. The average molecular weight is 248 g/mol. The Morgan fingerprint density at radius 3 is 2.94 bits per heavy atom. The zero-order valence-electron chi connectivity index (χ0n) is 11.2. The Hall–Kier alpha value is -1.58. The van der Waals surface area contributed by atoms with Gasteiger partial charge in [-0.05, 0) is 42.7 Å². The van der Waals surface area contributed by atoms with E-state index in [-0.39, 0.29) is 11.3 Å². The molecule has 1 N–H and O–H groups in total. The third kappa shape index (κ3) is 3.22. The first-order chi connectivity index (χ1) is 8.46. The van der Waals surface area contributed by atoms with E-state index in [9.17, 15) is 4.79 Å². The van der Waals surface area contributed by atoms with Crippen molar-refractivity contribution in [2.24, 2.45) is 16.4 Å². The molecule has 1 aliphatic rings. The van der Waals surface area contributed by atoms with Crippen molar-refractivity contribution in [2.75, 3.05) is 0 Å². The van der Waals surface area contributed by atoms with Crippen LogP contribution in [0.2, 0.25) is 0 Å². The van der Waals surface area contributed by atoms with Gasteiger partial charge in [0.1, 0.15) is 0 Å². The minimum atomic E-state index is -0.288. The Morgan fingerprint density at radius 1 is 1.56 bits per heavy atom. The van der Waals surface area contributed by atoms with Crippen molar-refractivity contribution < 1.29 is 9.21 Å². The fourth-order valence-electron chi connectivity index (χ4n) is 2.79. The molecule has 98 valence electrons. The van der Waals surface area contributed by atoms with Crippen LogP contribution in [0.3, 0.4) is 0 Å². The van der Waals surface area contributed by atoms with Crippen LogP contribution in [0.15, 0.2) is 27.9 Å². The Labute approximate surface area is 107 Å². The first kappa shape index (κ1) is 12.9. The van der Waals surface area contributed by atoms with Gasteiger partial charge in [-0.25, -0.2) is 5.43 Å². The molecule has 1 aliphatic carbocycles. The molecule has 1 aromatic rings. The second-order valence-corrected chi connectivity index (χ2v) is 5.95. The van der Waals surface area contributed by atoms with Crippen LogP contribution in [0, 0.1) is 11.3 Å². The highest BCUT2D eigenvalue weighted by molar-refractivity contribution is 5.93. The van der Waals surface area contributed by atoms with Crippen LogP contribution < -0.4 is 5.43 Å². The van der Waals surface area contributed by atoms with Gasteiger partial charge in [-0.15, -0.1) is 0 Å². The lowest BCUT2D eigenvalue weighted by molar-refractivity contribution is 0.0926. The van der Waals surface area contributed by atoms with Crippen molar-refractivity contribution in [3.05, 3.63) is 24.2 Å². The van der Waals surface area contributed by atoms with Crippen molar-refractivity contribution in [3.63, 3.8) is 0 Å². The van der Waals surface area contributed by atoms with Crippen molar-refractivity contribution in [1.82, 2.24) is 5.43 Å². The van der Waals surface area contributed by atoms with Crippen LogP contribution in [0.25, 0.3) is 0 Å². The largest absolute Gasteiger partial charge is 0.459 e. The molecule has 0 spiro atoms. The topological polar surface area (TPSA) is 54.6 Å². The first-order valence-corrected chi connectivity index (χ1v) is 6.35. The van der Waals surface area contributed by atoms with E-state index in [1.54, 1.807) is 12.1 Å². The van der Waals surface area contributed by atoms with Gasteiger partial charge in [0.25, 0.3) is 0 Å². The van der Waals surface area contributed by atoms with Crippen LogP contribution in [0.5, 0.6) is 0 Å². The Bertz CT molecular complexity index is 446. The predicted molar refractivity (Wildman–Crippen MR) is 70.4 cm³/mol. The molecule has 0 saturated heterocycles. The zero-order chi connectivity index (χ0) is 13.2. The molecule has 0 aromatic carbocycles. The molecule has 4 heteroatoms. The fourth-order valence-corrected chi connectivity index (χ4v) is 2.79. The zero-order valence-corrected chi connectivity index (χ0v) is 11.2. The van der Waals surface area contributed by atoms with Gasteiger partial charge in [-0.3, -0.25) is 4.79 Å². The smallest absolute Gasteiger partial charge is 0.307 e. The maximum absolute atomic E-state index is 11.7. The van der Waals surface area contributed by atoms with Gasteiger partial charge in [0.2, 0.25) is 0 Å². The summed E-state index contributed by atoms with van der Waals surface area (Å²) >= 11 is 0. The number of hydrazone groups is 1. The molecule has 18 heavy (non-hydrogen) atoms. The SMILES string of the molecule is CC1C/C(=N/NC(=O)c2ccco2)CC(C)(C)C1. The van der Waals surface area contributed by atoms with Crippen LogP contribution in [-0.2, 0) is 0 Å². The molecule has 1 aromatic heterocycles. The molecule has 1 fully saturated rings. The van der Waals surface area contributed by atoms with Crippen LogP contribution in [-0.4, -0.2) is 11.6 Å². The van der Waals surface area contributed by atoms with Gasteiger partial charge in [0.05, 0.1) is 6.26 Å². The highest BCUT2D eigenvalue weighted by Crippen LogP contribution is 2.36. The number of hydrogen-bond acceptors (Lipinski definition) is 3. The molecule has 1 heterocycles. The lowest BCUT2D eigenvalue weighted by atomic mass is 9.72. The maximum Gasteiger partial charge on any atom is 0.307 e.